The monoisotopic (exact) mass is 466 g/mol. The lowest BCUT2D eigenvalue weighted by Gasteiger charge is -2.30. The van der Waals surface area contributed by atoms with E-state index in [0.29, 0.717) is 25.9 Å². The Kier molecular flexibility index (Phi) is 7.80. The average molecular weight is 467 g/mol. The number of likely N-dealkylation sites (tertiary alicyclic amines) is 1. The molecule has 1 fully saturated rings. The van der Waals surface area contributed by atoms with Crippen LogP contribution < -0.4 is 10.1 Å². The summed E-state index contributed by atoms with van der Waals surface area (Å²) in [5.74, 6) is -0.980. The van der Waals surface area contributed by atoms with Crippen molar-refractivity contribution >= 4 is 35.2 Å². The second-order valence-corrected chi connectivity index (χ2v) is 7.81. The number of carbonyl (C=O) groups is 2. The van der Waals surface area contributed by atoms with Gasteiger partial charge in [-0.25, -0.2) is 0 Å². The number of benzene rings is 2. The van der Waals surface area contributed by atoms with Crippen molar-refractivity contribution in [2.45, 2.75) is 19.0 Å². The van der Waals surface area contributed by atoms with Gasteiger partial charge in [-0.3, -0.25) is 9.59 Å². The molecule has 1 aliphatic rings. The van der Waals surface area contributed by atoms with Crippen LogP contribution in [0.1, 0.15) is 18.4 Å². The van der Waals surface area contributed by atoms with E-state index < -0.39 is 12.8 Å². The molecule has 32 heavy (non-hydrogen) atoms. The molecule has 1 heterocycles. The summed E-state index contributed by atoms with van der Waals surface area (Å²) in [5, 5.41) is 2.87. The van der Waals surface area contributed by atoms with Crippen LogP contribution in [0.15, 0.2) is 54.6 Å². The predicted molar refractivity (Wildman–Crippen MR) is 116 cm³/mol. The Morgan fingerprint density at radius 2 is 1.81 bits per heavy atom. The standard InChI is InChI=1S/C23H22ClF3N2O3/c24-18-7-8-20(32-15-23(25,26)27)19(14-18)28-22(31)17-10-12-29(13-11-17)21(30)9-6-16-4-2-1-3-5-16/h1-9,14,17H,10-13,15H2,(H,28,31)/b9-6+. The molecule has 0 saturated carbocycles. The predicted octanol–water partition coefficient (Wildman–Crippen LogP) is 5.17. The van der Waals surface area contributed by atoms with Crippen LogP contribution in [0.25, 0.3) is 6.08 Å². The molecule has 0 spiro atoms. The van der Waals surface area contributed by atoms with Gasteiger partial charge in [0.15, 0.2) is 6.61 Å². The summed E-state index contributed by atoms with van der Waals surface area (Å²) in [6, 6.07) is 13.5. The number of halogens is 4. The average Bonchev–Trinajstić information content (AvgIpc) is 2.77. The highest BCUT2D eigenvalue weighted by atomic mass is 35.5. The molecule has 170 valence electrons. The van der Waals surface area contributed by atoms with E-state index in [1.807, 2.05) is 30.3 Å². The maximum absolute atomic E-state index is 12.7. The van der Waals surface area contributed by atoms with Crippen molar-refractivity contribution < 1.29 is 27.5 Å². The van der Waals surface area contributed by atoms with Gasteiger partial charge in [-0.2, -0.15) is 13.2 Å². The molecule has 0 bridgehead atoms. The Hall–Kier alpha value is -3.00. The minimum atomic E-state index is -4.50. The van der Waals surface area contributed by atoms with Gasteiger partial charge in [0.1, 0.15) is 5.75 Å². The fourth-order valence-corrected chi connectivity index (χ4v) is 3.49. The zero-order valence-corrected chi connectivity index (χ0v) is 17.8. The molecule has 0 aliphatic carbocycles. The third-order valence-corrected chi connectivity index (χ3v) is 5.22. The SMILES string of the molecule is O=C(Nc1cc(Cl)ccc1OCC(F)(F)F)C1CCN(C(=O)/C=C/c2ccccc2)CC1. The molecule has 1 aliphatic heterocycles. The largest absolute Gasteiger partial charge is 0.482 e. The van der Waals surface area contributed by atoms with E-state index in [0.717, 1.165) is 5.56 Å². The van der Waals surface area contributed by atoms with E-state index in [1.165, 1.54) is 24.3 Å². The van der Waals surface area contributed by atoms with E-state index in [4.69, 9.17) is 16.3 Å². The molecule has 5 nitrogen and oxygen atoms in total. The Morgan fingerprint density at radius 1 is 1.12 bits per heavy atom. The van der Waals surface area contributed by atoms with Crippen molar-refractivity contribution in [3.05, 3.63) is 65.2 Å². The molecular weight excluding hydrogens is 445 g/mol. The van der Waals surface area contributed by atoms with Crippen LogP contribution in [-0.4, -0.2) is 42.6 Å². The van der Waals surface area contributed by atoms with Crippen LogP contribution >= 0.6 is 11.6 Å². The molecule has 2 aromatic carbocycles. The highest BCUT2D eigenvalue weighted by Crippen LogP contribution is 2.31. The molecule has 1 N–H and O–H groups in total. The molecule has 0 unspecified atom stereocenters. The maximum atomic E-state index is 12.7. The topological polar surface area (TPSA) is 58.6 Å². The van der Waals surface area contributed by atoms with Gasteiger partial charge in [0, 0.05) is 30.1 Å². The van der Waals surface area contributed by atoms with Crippen molar-refractivity contribution in [2.75, 3.05) is 25.0 Å². The molecule has 3 rings (SSSR count). The molecule has 9 heteroatoms. The Balaban J connectivity index is 1.55. The third kappa shape index (κ3) is 7.02. The summed E-state index contributed by atoms with van der Waals surface area (Å²) in [5.41, 5.74) is 0.997. The first kappa shape index (κ1) is 23.7. The van der Waals surface area contributed by atoms with Crippen LogP contribution in [0.2, 0.25) is 5.02 Å². The number of ether oxygens (including phenoxy) is 1. The van der Waals surface area contributed by atoms with Crippen molar-refractivity contribution in [1.82, 2.24) is 4.90 Å². The van der Waals surface area contributed by atoms with E-state index in [9.17, 15) is 22.8 Å². The second-order valence-electron chi connectivity index (χ2n) is 7.38. The van der Waals surface area contributed by atoms with Gasteiger partial charge in [0.2, 0.25) is 11.8 Å². The lowest BCUT2D eigenvalue weighted by molar-refractivity contribution is -0.153. The lowest BCUT2D eigenvalue weighted by Crippen LogP contribution is -2.40. The number of nitrogens with zero attached hydrogens (tertiary/aromatic N) is 1. The summed E-state index contributed by atoms with van der Waals surface area (Å²) in [7, 11) is 0. The fraction of sp³-hybridized carbons (Fsp3) is 0.304. The molecular formula is C23H22ClF3N2O3. The van der Waals surface area contributed by atoms with Gasteiger partial charge in [0.25, 0.3) is 0 Å². The van der Waals surface area contributed by atoms with Crippen LogP contribution in [0.5, 0.6) is 5.75 Å². The molecule has 0 aromatic heterocycles. The normalized spacial score (nSPS) is 15.1. The molecule has 2 aromatic rings. The van der Waals surface area contributed by atoms with Crippen LogP contribution in [0.4, 0.5) is 18.9 Å². The number of hydrogen-bond donors (Lipinski definition) is 1. The van der Waals surface area contributed by atoms with Gasteiger partial charge < -0.3 is 15.0 Å². The van der Waals surface area contributed by atoms with Crippen molar-refractivity contribution in [1.29, 1.82) is 0 Å². The molecule has 0 radical (unpaired) electrons. The van der Waals surface area contributed by atoms with Gasteiger partial charge in [-0.15, -0.1) is 0 Å². The highest BCUT2D eigenvalue weighted by Gasteiger charge is 2.30. The molecule has 2 amide bonds. The first-order valence-electron chi connectivity index (χ1n) is 10.0. The van der Waals surface area contributed by atoms with Gasteiger partial charge in [-0.1, -0.05) is 41.9 Å². The number of nitrogens with one attached hydrogen (secondary N) is 1. The van der Waals surface area contributed by atoms with Crippen LogP contribution in [-0.2, 0) is 9.59 Å². The van der Waals surface area contributed by atoms with Crippen molar-refractivity contribution in [2.24, 2.45) is 5.92 Å². The summed E-state index contributed by atoms with van der Waals surface area (Å²) < 4.78 is 42.2. The summed E-state index contributed by atoms with van der Waals surface area (Å²) in [6.45, 7) is -0.666. The number of alkyl halides is 3. The smallest absolute Gasteiger partial charge is 0.422 e. The quantitative estimate of drug-likeness (QED) is 0.597. The number of rotatable bonds is 6. The third-order valence-electron chi connectivity index (χ3n) is 4.99. The number of piperidine rings is 1. The van der Waals surface area contributed by atoms with Crippen LogP contribution in [0.3, 0.4) is 0 Å². The maximum Gasteiger partial charge on any atom is 0.422 e. The molecule has 1 saturated heterocycles. The minimum Gasteiger partial charge on any atom is -0.482 e. The number of anilines is 1. The second kappa shape index (κ2) is 10.5. The first-order valence-corrected chi connectivity index (χ1v) is 10.4. The van der Waals surface area contributed by atoms with E-state index in [2.05, 4.69) is 5.32 Å². The van der Waals surface area contributed by atoms with Crippen molar-refractivity contribution in [3.8, 4) is 5.75 Å². The van der Waals surface area contributed by atoms with Crippen LogP contribution in [0, 0.1) is 5.92 Å². The number of carbonyl (C=O) groups excluding carboxylic acids is 2. The van der Waals surface area contributed by atoms with E-state index in [-0.39, 0.29) is 34.2 Å². The van der Waals surface area contributed by atoms with Crippen molar-refractivity contribution in [3.63, 3.8) is 0 Å². The fourth-order valence-electron chi connectivity index (χ4n) is 3.32. The van der Waals surface area contributed by atoms with Gasteiger partial charge >= 0.3 is 6.18 Å². The molecule has 0 atom stereocenters. The number of amides is 2. The first-order chi connectivity index (χ1) is 15.2. The van der Waals surface area contributed by atoms with Gasteiger partial charge in [-0.05, 0) is 42.7 Å². The summed E-state index contributed by atoms with van der Waals surface area (Å²) in [4.78, 5) is 26.7. The zero-order chi connectivity index (χ0) is 23.1. The zero-order valence-electron chi connectivity index (χ0n) is 17.1. The summed E-state index contributed by atoms with van der Waals surface area (Å²) >= 11 is 5.92. The number of hydrogen-bond acceptors (Lipinski definition) is 3. The van der Waals surface area contributed by atoms with E-state index >= 15 is 0 Å². The Labute approximate surface area is 188 Å². The minimum absolute atomic E-state index is 0.0797. The Morgan fingerprint density at radius 3 is 2.47 bits per heavy atom. The van der Waals surface area contributed by atoms with Gasteiger partial charge in [0.05, 0.1) is 5.69 Å². The van der Waals surface area contributed by atoms with E-state index in [1.54, 1.807) is 11.0 Å². The highest BCUT2D eigenvalue weighted by molar-refractivity contribution is 6.31. The lowest BCUT2D eigenvalue weighted by atomic mass is 9.95. The Bertz CT molecular complexity index is 972. The summed E-state index contributed by atoms with van der Waals surface area (Å²) in [6.07, 6.45) is -0.379.